The second kappa shape index (κ2) is 8.15. The molecule has 2 rings (SSSR count). The van der Waals surface area contributed by atoms with Crippen LogP contribution in [0.3, 0.4) is 0 Å². The molecule has 1 fully saturated rings. The Morgan fingerprint density at radius 1 is 1.11 bits per heavy atom. The van der Waals surface area contributed by atoms with Crippen molar-refractivity contribution in [3.05, 3.63) is 29.8 Å². The molecule has 102 valence electrons. The molecule has 1 aliphatic rings. The molecule has 0 amide bonds. The molecule has 0 spiro atoms. The number of aryl methyl sites for hydroxylation is 1. The van der Waals surface area contributed by atoms with Crippen LogP contribution >= 0.6 is 0 Å². The number of piperidine rings is 1. The minimum atomic E-state index is 0.658. The van der Waals surface area contributed by atoms with Crippen molar-refractivity contribution in [2.45, 2.75) is 46.6 Å². The van der Waals surface area contributed by atoms with E-state index < -0.39 is 0 Å². The first-order valence-corrected chi connectivity index (χ1v) is 7.33. The second-order valence-corrected chi connectivity index (χ2v) is 4.72. The molecule has 1 aromatic carbocycles. The van der Waals surface area contributed by atoms with Crippen LogP contribution in [-0.2, 0) is 0 Å². The summed E-state index contributed by atoms with van der Waals surface area (Å²) in [6, 6.07) is 9.36. The van der Waals surface area contributed by atoms with Crippen molar-refractivity contribution in [2.75, 3.05) is 25.0 Å². The van der Waals surface area contributed by atoms with Gasteiger partial charge in [0.25, 0.3) is 0 Å². The minimum Gasteiger partial charge on any atom is -0.382 e. The van der Waals surface area contributed by atoms with Gasteiger partial charge in [-0.3, -0.25) is 0 Å². The summed E-state index contributed by atoms with van der Waals surface area (Å²) in [7, 11) is 0. The molecule has 2 nitrogen and oxygen atoms in total. The van der Waals surface area contributed by atoms with Gasteiger partial charge in [0, 0.05) is 24.8 Å². The molecule has 0 aliphatic carbocycles. The number of nitrogens with zero attached hydrogens (tertiary/aromatic N) is 1. The second-order valence-electron chi connectivity index (χ2n) is 4.72. The monoisotopic (exact) mass is 248 g/mol. The average molecular weight is 248 g/mol. The van der Waals surface area contributed by atoms with Crippen LogP contribution in [0, 0.1) is 6.92 Å². The summed E-state index contributed by atoms with van der Waals surface area (Å²) in [5, 5.41) is 3.63. The van der Waals surface area contributed by atoms with E-state index in [2.05, 4.69) is 48.3 Å². The maximum Gasteiger partial charge on any atom is 0.0342 e. The molecular formula is C16H28N2. The van der Waals surface area contributed by atoms with Gasteiger partial charge in [0.2, 0.25) is 0 Å². The van der Waals surface area contributed by atoms with Crippen LogP contribution in [0.15, 0.2) is 24.3 Å². The zero-order chi connectivity index (χ0) is 13.4. The third-order valence-electron chi connectivity index (χ3n) is 3.46. The molecule has 2 heteroatoms. The van der Waals surface area contributed by atoms with Gasteiger partial charge in [0.05, 0.1) is 0 Å². The summed E-state index contributed by atoms with van der Waals surface area (Å²) in [4.78, 5) is 2.52. The summed E-state index contributed by atoms with van der Waals surface area (Å²) < 4.78 is 0. The third-order valence-corrected chi connectivity index (χ3v) is 3.46. The Morgan fingerprint density at radius 2 is 1.67 bits per heavy atom. The van der Waals surface area contributed by atoms with Crippen molar-refractivity contribution in [1.29, 1.82) is 0 Å². The summed E-state index contributed by atoms with van der Waals surface area (Å²) in [5.41, 5.74) is 2.59. The molecule has 0 saturated carbocycles. The lowest BCUT2D eigenvalue weighted by molar-refractivity contribution is 0.229. The molecule has 0 radical (unpaired) electrons. The van der Waals surface area contributed by atoms with E-state index in [0.29, 0.717) is 6.04 Å². The standard InChI is InChI=1S/C14H22N2.C2H6/c1-3-16-10-8-14(9-11-16)15-13-6-4-12(2)5-7-13;1-2/h4-7,14-15H,3,8-11H2,1-2H3;1-2H3. The van der Waals surface area contributed by atoms with Crippen molar-refractivity contribution < 1.29 is 0 Å². The van der Waals surface area contributed by atoms with E-state index in [1.54, 1.807) is 0 Å². The predicted molar refractivity (Wildman–Crippen MR) is 81.3 cm³/mol. The van der Waals surface area contributed by atoms with Crippen molar-refractivity contribution in [2.24, 2.45) is 0 Å². The van der Waals surface area contributed by atoms with Crippen LogP contribution < -0.4 is 5.32 Å². The number of benzene rings is 1. The quantitative estimate of drug-likeness (QED) is 0.872. The number of anilines is 1. The van der Waals surface area contributed by atoms with Crippen molar-refractivity contribution >= 4 is 5.69 Å². The van der Waals surface area contributed by atoms with Gasteiger partial charge in [-0.1, -0.05) is 38.5 Å². The van der Waals surface area contributed by atoms with Crippen LogP contribution in [-0.4, -0.2) is 30.6 Å². The molecule has 0 atom stereocenters. The SMILES string of the molecule is CC.CCN1CCC(Nc2ccc(C)cc2)CC1. The molecule has 18 heavy (non-hydrogen) atoms. The van der Waals surface area contributed by atoms with Crippen LogP contribution in [0.4, 0.5) is 5.69 Å². The van der Waals surface area contributed by atoms with E-state index in [4.69, 9.17) is 0 Å². The maximum absolute atomic E-state index is 3.63. The summed E-state index contributed by atoms with van der Waals surface area (Å²) in [5.74, 6) is 0. The fourth-order valence-electron chi connectivity index (χ4n) is 2.28. The highest BCUT2D eigenvalue weighted by molar-refractivity contribution is 5.45. The molecule has 0 unspecified atom stereocenters. The Kier molecular flexibility index (Phi) is 6.81. The van der Waals surface area contributed by atoms with Gasteiger partial charge in [-0.2, -0.15) is 0 Å². The van der Waals surface area contributed by atoms with Gasteiger partial charge in [-0.15, -0.1) is 0 Å². The fraction of sp³-hybridized carbons (Fsp3) is 0.625. The molecular weight excluding hydrogens is 220 g/mol. The third kappa shape index (κ3) is 4.69. The Labute approximate surface area is 112 Å². The molecule has 0 aromatic heterocycles. The molecule has 1 N–H and O–H groups in total. The normalized spacial score (nSPS) is 16.9. The summed E-state index contributed by atoms with van der Waals surface area (Å²) in [6.45, 7) is 12.0. The summed E-state index contributed by atoms with van der Waals surface area (Å²) >= 11 is 0. The smallest absolute Gasteiger partial charge is 0.0342 e. The summed E-state index contributed by atoms with van der Waals surface area (Å²) in [6.07, 6.45) is 2.53. The Balaban J connectivity index is 0.000000771. The predicted octanol–water partition coefficient (Wildman–Crippen LogP) is 3.92. The van der Waals surface area contributed by atoms with Crippen LogP contribution in [0.25, 0.3) is 0 Å². The van der Waals surface area contributed by atoms with Gasteiger partial charge < -0.3 is 10.2 Å². The number of hydrogen-bond donors (Lipinski definition) is 1. The van der Waals surface area contributed by atoms with Crippen molar-refractivity contribution in [3.8, 4) is 0 Å². The molecule has 1 saturated heterocycles. The topological polar surface area (TPSA) is 15.3 Å². The number of nitrogens with one attached hydrogen (secondary N) is 1. The highest BCUT2D eigenvalue weighted by Crippen LogP contribution is 2.16. The molecule has 0 bridgehead atoms. The van der Waals surface area contributed by atoms with E-state index in [0.717, 1.165) is 0 Å². The minimum absolute atomic E-state index is 0.658. The highest BCUT2D eigenvalue weighted by Gasteiger charge is 2.17. The maximum atomic E-state index is 3.63. The van der Waals surface area contributed by atoms with Gasteiger partial charge in [0.1, 0.15) is 0 Å². The van der Waals surface area contributed by atoms with Crippen LogP contribution in [0.5, 0.6) is 0 Å². The average Bonchev–Trinajstić information content (AvgIpc) is 2.44. The van der Waals surface area contributed by atoms with E-state index in [1.165, 1.54) is 43.7 Å². The molecule has 1 heterocycles. The van der Waals surface area contributed by atoms with Crippen molar-refractivity contribution in [1.82, 2.24) is 4.90 Å². The number of likely N-dealkylation sites (tertiary alicyclic amines) is 1. The Bertz CT molecular complexity index is 310. The Morgan fingerprint density at radius 3 is 2.17 bits per heavy atom. The largest absolute Gasteiger partial charge is 0.382 e. The number of hydrogen-bond acceptors (Lipinski definition) is 2. The van der Waals surface area contributed by atoms with Gasteiger partial charge in [-0.25, -0.2) is 0 Å². The molecule has 1 aliphatic heterocycles. The van der Waals surface area contributed by atoms with Gasteiger partial charge in [0.15, 0.2) is 0 Å². The zero-order valence-corrected chi connectivity index (χ0v) is 12.4. The lowest BCUT2D eigenvalue weighted by Gasteiger charge is -2.32. The fourth-order valence-corrected chi connectivity index (χ4v) is 2.28. The first-order valence-electron chi connectivity index (χ1n) is 7.33. The highest BCUT2D eigenvalue weighted by atomic mass is 15.1. The van der Waals surface area contributed by atoms with Gasteiger partial charge in [-0.05, 0) is 38.4 Å². The van der Waals surface area contributed by atoms with Gasteiger partial charge >= 0.3 is 0 Å². The van der Waals surface area contributed by atoms with E-state index in [-0.39, 0.29) is 0 Å². The zero-order valence-electron chi connectivity index (χ0n) is 12.4. The van der Waals surface area contributed by atoms with E-state index in [1.807, 2.05) is 13.8 Å². The van der Waals surface area contributed by atoms with E-state index >= 15 is 0 Å². The Hall–Kier alpha value is -1.02. The van der Waals surface area contributed by atoms with Crippen LogP contribution in [0.1, 0.15) is 39.2 Å². The molecule has 1 aromatic rings. The number of rotatable bonds is 3. The first kappa shape index (κ1) is 15.0. The lowest BCUT2D eigenvalue weighted by Crippen LogP contribution is -2.38. The lowest BCUT2D eigenvalue weighted by atomic mass is 10.0. The van der Waals surface area contributed by atoms with Crippen LogP contribution in [0.2, 0.25) is 0 Å². The van der Waals surface area contributed by atoms with E-state index in [9.17, 15) is 0 Å². The van der Waals surface area contributed by atoms with Crippen molar-refractivity contribution in [3.63, 3.8) is 0 Å². The first-order chi connectivity index (χ1) is 8.78.